The fourth-order valence-corrected chi connectivity index (χ4v) is 4.12. The summed E-state index contributed by atoms with van der Waals surface area (Å²) in [5, 5.41) is 2.85. The lowest BCUT2D eigenvalue weighted by Gasteiger charge is -2.36. The molecule has 0 saturated carbocycles. The van der Waals surface area contributed by atoms with Crippen molar-refractivity contribution in [3.05, 3.63) is 101 Å². The maximum atomic E-state index is 13.5. The first-order valence-electron chi connectivity index (χ1n) is 11.7. The van der Waals surface area contributed by atoms with E-state index in [1.54, 1.807) is 30.0 Å². The first-order chi connectivity index (χ1) is 16.9. The van der Waals surface area contributed by atoms with Crippen molar-refractivity contribution in [2.45, 2.75) is 13.8 Å². The van der Waals surface area contributed by atoms with Gasteiger partial charge in [0.25, 0.3) is 11.8 Å². The van der Waals surface area contributed by atoms with E-state index in [9.17, 15) is 14.4 Å². The monoisotopic (exact) mass is 467 g/mol. The number of para-hydroxylation sites is 1. The molecule has 1 aliphatic rings. The Morgan fingerprint density at radius 3 is 2.14 bits per heavy atom. The Balaban J connectivity index is 1.51. The van der Waals surface area contributed by atoms with Gasteiger partial charge in [0.05, 0.1) is 0 Å². The number of Topliss-reactive ketones (excluding diaryl/α,β-unsaturated/α-hetero) is 1. The van der Waals surface area contributed by atoms with Crippen LogP contribution in [0.5, 0.6) is 0 Å². The molecule has 1 fully saturated rings. The number of carbonyl (C=O) groups excluding carboxylic acids is 3. The van der Waals surface area contributed by atoms with Crippen molar-refractivity contribution < 1.29 is 14.4 Å². The molecule has 0 bridgehead atoms. The summed E-state index contributed by atoms with van der Waals surface area (Å²) < 4.78 is 0. The van der Waals surface area contributed by atoms with Crippen molar-refractivity contribution in [3.63, 3.8) is 0 Å². The predicted octanol–water partition coefficient (Wildman–Crippen LogP) is 4.57. The van der Waals surface area contributed by atoms with Gasteiger partial charge in [0.15, 0.2) is 5.78 Å². The third-order valence-electron chi connectivity index (χ3n) is 6.07. The molecule has 35 heavy (non-hydrogen) atoms. The molecular weight excluding hydrogens is 438 g/mol. The third-order valence-corrected chi connectivity index (χ3v) is 6.07. The average molecular weight is 468 g/mol. The summed E-state index contributed by atoms with van der Waals surface area (Å²) in [7, 11) is 0. The number of aryl methyl sites for hydroxylation is 1. The lowest BCUT2D eigenvalue weighted by Crippen LogP contribution is -2.50. The second kappa shape index (κ2) is 10.8. The Hall–Kier alpha value is -4.19. The van der Waals surface area contributed by atoms with Gasteiger partial charge >= 0.3 is 0 Å². The van der Waals surface area contributed by atoms with Crippen molar-refractivity contribution in [3.8, 4) is 0 Å². The molecule has 3 aromatic carbocycles. The van der Waals surface area contributed by atoms with Gasteiger partial charge in [-0.05, 0) is 61.9 Å². The van der Waals surface area contributed by atoms with Crippen LogP contribution in [0.15, 0.2) is 84.4 Å². The van der Waals surface area contributed by atoms with Crippen LogP contribution in [-0.2, 0) is 9.59 Å². The predicted molar refractivity (Wildman–Crippen MR) is 139 cm³/mol. The van der Waals surface area contributed by atoms with E-state index in [1.807, 2.05) is 73.7 Å². The number of anilines is 2. The van der Waals surface area contributed by atoms with Crippen LogP contribution in [0.3, 0.4) is 0 Å². The molecule has 6 heteroatoms. The van der Waals surface area contributed by atoms with E-state index in [0.29, 0.717) is 37.4 Å². The Kier molecular flexibility index (Phi) is 7.41. The summed E-state index contributed by atoms with van der Waals surface area (Å²) in [6, 6.07) is 24.4. The molecule has 0 spiro atoms. The molecule has 1 saturated heterocycles. The summed E-state index contributed by atoms with van der Waals surface area (Å²) >= 11 is 0. The van der Waals surface area contributed by atoms with Crippen molar-refractivity contribution in [2.75, 3.05) is 36.4 Å². The highest BCUT2D eigenvalue weighted by Crippen LogP contribution is 2.20. The van der Waals surface area contributed by atoms with Gasteiger partial charge in [0.1, 0.15) is 5.57 Å². The van der Waals surface area contributed by atoms with Gasteiger partial charge in [0, 0.05) is 43.1 Å². The number of nitrogens with zero attached hydrogens (tertiary/aromatic N) is 2. The molecule has 0 unspecified atom stereocenters. The topological polar surface area (TPSA) is 69.7 Å². The average Bonchev–Trinajstić information content (AvgIpc) is 2.87. The van der Waals surface area contributed by atoms with Crippen LogP contribution in [-0.4, -0.2) is 48.7 Å². The van der Waals surface area contributed by atoms with Crippen LogP contribution < -0.4 is 10.2 Å². The molecule has 0 radical (unpaired) electrons. The minimum absolute atomic E-state index is 0.0358. The highest BCUT2D eigenvalue weighted by atomic mass is 16.2. The quantitative estimate of drug-likeness (QED) is 0.250. The smallest absolute Gasteiger partial charge is 0.261 e. The standard InChI is InChI=1S/C29H29N3O3/c1-21-7-6-8-23(19-21)20-27(28(34)30-25-9-4-3-5-10-25)29(35)32-17-15-31(16-18-32)26-13-11-24(12-14-26)22(2)33/h3-14,19-20H,15-18H2,1-2H3,(H,30,34)/b27-20+. The van der Waals surface area contributed by atoms with Gasteiger partial charge in [-0.2, -0.15) is 0 Å². The Morgan fingerprint density at radius 2 is 1.51 bits per heavy atom. The normalized spacial score (nSPS) is 13.9. The second-order valence-electron chi connectivity index (χ2n) is 8.67. The van der Waals surface area contributed by atoms with Crippen LogP contribution in [0.2, 0.25) is 0 Å². The summed E-state index contributed by atoms with van der Waals surface area (Å²) in [6.07, 6.45) is 1.67. The number of benzene rings is 3. The maximum Gasteiger partial charge on any atom is 0.261 e. The van der Waals surface area contributed by atoms with Gasteiger partial charge < -0.3 is 15.1 Å². The number of amides is 2. The largest absolute Gasteiger partial charge is 0.368 e. The van der Waals surface area contributed by atoms with E-state index in [4.69, 9.17) is 0 Å². The zero-order chi connectivity index (χ0) is 24.8. The first kappa shape index (κ1) is 24.0. The van der Waals surface area contributed by atoms with Crippen molar-refractivity contribution in [1.29, 1.82) is 0 Å². The lowest BCUT2D eigenvalue weighted by atomic mass is 10.1. The molecular formula is C29H29N3O3. The summed E-state index contributed by atoms with van der Waals surface area (Å²) in [4.78, 5) is 42.2. The Bertz CT molecular complexity index is 1240. The summed E-state index contributed by atoms with van der Waals surface area (Å²) in [5.41, 5.74) is 4.30. The molecule has 4 rings (SSSR count). The van der Waals surface area contributed by atoms with Gasteiger partial charge in [-0.3, -0.25) is 14.4 Å². The van der Waals surface area contributed by atoms with E-state index in [-0.39, 0.29) is 17.3 Å². The van der Waals surface area contributed by atoms with Gasteiger partial charge in [0.2, 0.25) is 0 Å². The number of hydrogen-bond donors (Lipinski definition) is 1. The first-order valence-corrected chi connectivity index (χ1v) is 11.7. The molecule has 1 heterocycles. The van der Waals surface area contributed by atoms with Crippen LogP contribution in [0.1, 0.15) is 28.4 Å². The number of piperazine rings is 1. The SMILES string of the molecule is CC(=O)c1ccc(N2CCN(C(=O)/C(=C/c3cccc(C)c3)C(=O)Nc3ccccc3)CC2)cc1. The van der Waals surface area contributed by atoms with E-state index in [0.717, 1.165) is 16.8 Å². The molecule has 0 aromatic heterocycles. The molecule has 2 amide bonds. The van der Waals surface area contributed by atoms with Crippen molar-refractivity contribution in [1.82, 2.24) is 4.90 Å². The Morgan fingerprint density at radius 1 is 0.829 bits per heavy atom. The number of carbonyl (C=O) groups is 3. The number of nitrogens with one attached hydrogen (secondary N) is 1. The van der Waals surface area contributed by atoms with Crippen LogP contribution in [0.25, 0.3) is 6.08 Å². The zero-order valence-corrected chi connectivity index (χ0v) is 20.0. The fraction of sp³-hybridized carbons (Fsp3) is 0.207. The highest BCUT2D eigenvalue weighted by molar-refractivity contribution is 6.25. The zero-order valence-electron chi connectivity index (χ0n) is 20.0. The van der Waals surface area contributed by atoms with Crippen molar-refractivity contribution in [2.24, 2.45) is 0 Å². The van der Waals surface area contributed by atoms with Crippen LogP contribution in [0, 0.1) is 6.92 Å². The fourth-order valence-electron chi connectivity index (χ4n) is 4.12. The van der Waals surface area contributed by atoms with E-state index >= 15 is 0 Å². The van der Waals surface area contributed by atoms with E-state index < -0.39 is 5.91 Å². The number of hydrogen-bond acceptors (Lipinski definition) is 4. The molecule has 0 aliphatic carbocycles. The Labute approximate surface area is 205 Å². The highest BCUT2D eigenvalue weighted by Gasteiger charge is 2.27. The van der Waals surface area contributed by atoms with Crippen molar-refractivity contribution >= 4 is 35.0 Å². The minimum Gasteiger partial charge on any atom is -0.368 e. The summed E-state index contributed by atoms with van der Waals surface area (Å²) in [6.45, 7) is 5.81. The molecule has 1 N–H and O–H groups in total. The number of ketones is 1. The minimum atomic E-state index is -0.426. The molecule has 178 valence electrons. The molecule has 6 nitrogen and oxygen atoms in total. The maximum absolute atomic E-state index is 13.5. The van der Waals surface area contributed by atoms with Crippen LogP contribution in [0.4, 0.5) is 11.4 Å². The van der Waals surface area contributed by atoms with E-state index in [1.165, 1.54) is 0 Å². The molecule has 0 atom stereocenters. The summed E-state index contributed by atoms with van der Waals surface area (Å²) in [5.74, 6) is -0.676. The van der Waals surface area contributed by atoms with Crippen LogP contribution >= 0.6 is 0 Å². The molecule has 3 aromatic rings. The lowest BCUT2D eigenvalue weighted by molar-refractivity contribution is -0.129. The van der Waals surface area contributed by atoms with Gasteiger partial charge in [-0.1, -0.05) is 48.0 Å². The number of rotatable bonds is 6. The second-order valence-corrected chi connectivity index (χ2v) is 8.67. The van der Waals surface area contributed by atoms with Gasteiger partial charge in [-0.25, -0.2) is 0 Å². The van der Waals surface area contributed by atoms with E-state index in [2.05, 4.69) is 10.2 Å². The third kappa shape index (κ3) is 6.03. The van der Waals surface area contributed by atoms with Gasteiger partial charge in [-0.15, -0.1) is 0 Å². The molecule has 1 aliphatic heterocycles.